The fraction of sp³-hybridized carbons (Fsp3) is 0.348. The number of nitrogens with zero attached hydrogens (tertiary/aromatic N) is 5. The number of nitrogen functional groups attached to an aromatic ring is 1. The second-order valence-corrected chi connectivity index (χ2v) is 8.58. The van der Waals surface area contributed by atoms with Gasteiger partial charge in [0, 0.05) is 44.8 Å². The second kappa shape index (κ2) is 7.18. The molecule has 8 nitrogen and oxygen atoms in total. The van der Waals surface area contributed by atoms with Gasteiger partial charge >= 0.3 is 0 Å². The number of aromatic nitrogens is 3. The number of nitrogens with two attached hydrogens (primary N) is 1. The summed E-state index contributed by atoms with van der Waals surface area (Å²) >= 11 is 0. The van der Waals surface area contributed by atoms with Crippen molar-refractivity contribution in [3.63, 3.8) is 0 Å². The Balaban J connectivity index is 1.24. The molecule has 0 aliphatic carbocycles. The molecule has 3 N–H and O–H groups in total. The molecule has 0 radical (unpaired) electrons. The molecule has 2 fully saturated rings. The van der Waals surface area contributed by atoms with Crippen molar-refractivity contribution in [3.05, 3.63) is 42.6 Å². The molecule has 0 amide bonds. The molecule has 0 saturated carbocycles. The van der Waals surface area contributed by atoms with E-state index in [1.54, 1.807) is 0 Å². The molecule has 4 heterocycles. The largest absolute Gasteiger partial charge is 0.424 e. The van der Waals surface area contributed by atoms with Gasteiger partial charge in [-0.15, -0.1) is 0 Å². The predicted octanol–water partition coefficient (Wildman–Crippen LogP) is 2.50. The standard InChI is InChI=1S/C23H25N7O/c1-14-11-29(7-6-25-14)17-12-30(13-17)22-10-26-18-4-2-15(8-19(18)27-22)16-3-5-21-20(9-16)28-23(24)31-21/h2-5,8-10,14,17,25H,6-7,11-13H2,1H3,(H2,24,28). The number of rotatable bonds is 3. The summed E-state index contributed by atoms with van der Waals surface area (Å²) < 4.78 is 5.38. The Morgan fingerprint density at radius 1 is 1.00 bits per heavy atom. The predicted molar refractivity (Wildman–Crippen MR) is 122 cm³/mol. The van der Waals surface area contributed by atoms with Gasteiger partial charge in [-0.05, 0) is 42.3 Å². The van der Waals surface area contributed by atoms with Crippen molar-refractivity contribution in [1.29, 1.82) is 0 Å². The summed E-state index contributed by atoms with van der Waals surface area (Å²) in [5.74, 6) is 0.948. The third kappa shape index (κ3) is 3.37. The van der Waals surface area contributed by atoms with Crippen LogP contribution in [0.25, 0.3) is 33.3 Å². The van der Waals surface area contributed by atoms with E-state index in [9.17, 15) is 0 Å². The molecule has 2 saturated heterocycles. The van der Waals surface area contributed by atoms with E-state index >= 15 is 0 Å². The molecule has 2 aromatic carbocycles. The van der Waals surface area contributed by atoms with E-state index in [0.717, 1.165) is 66.2 Å². The third-order valence-electron chi connectivity index (χ3n) is 6.37. The van der Waals surface area contributed by atoms with Gasteiger partial charge in [0.1, 0.15) is 11.3 Å². The maximum atomic E-state index is 5.67. The summed E-state index contributed by atoms with van der Waals surface area (Å²) in [6, 6.07) is 13.4. The zero-order chi connectivity index (χ0) is 20.9. The molecule has 6 rings (SSSR count). The maximum absolute atomic E-state index is 5.67. The van der Waals surface area contributed by atoms with Crippen LogP contribution in [0, 0.1) is 0 Å². The van der Waals surface area contributed by atoms with Crippen molar-refractivity contribution < 1.29 is 4.42 Å². The summed E-state index contributed by atoms with van der Waals surface area (Å²) in [7, 11) is 0. The molecule has 8 heteroatoms. The van der Waals surface area contributed by atoms with Crippen molar-refractivity contribution in [1.82, 2.24) is 25.2 Å². The van der Waals surface area contributed by atoms with Gasteiger partial charge in [0.15, 0.2) is 5.58 Å². The number of piperazine rings is 1. The highest BCUT2D eigenvalue weighted by molar-refractivity contribution is 5.86. The van der Waals surface area contributed by atoms with E-state index in [0.29, 0.717) is 17.7 Å². The van der Waals surface area contributed by atoms with E-state index < -0.39 is 0 Å². The van der Waals surface area contributed by atoms with Gasteiger partial charge < -0.3 is 20.4 Å². The molecular weight excluding hydrogens is 390 g/mol. The quantitative estimate of drug-likeness (QED) is 0.527. The highest BCUT2D eigenvalue weighted by Gasteiger charge is 2.34. The first-order chi connectivity index (χ1) is 15.1. The molecular formula is C23H25N7O. The fourth-order valence-electron chi connectivity index (χ4n) is 4.63. The van der Waals surface area contributed by atoms with Gasteiger partial charge in [0.05, 0.1) is 17.2 Å². The lowest BCUT2D eigenvalue weighted by molar-refractivity contribution is 0.126. The van der Waals surface area contributed by atoms with Crippen molar-refractivity contribution in [2.24, 2.45) is 0 Å². The highest BCUT2D eigenvalue weighted by Crippen LogP contribution is 2.29. The number of oxazole rings is 1. The van der Waals surface area contributed by atoms with Crippen LogP contribution in [0.15, 0.2) is 47.0 Å². The number of hydrogen-bond donors (Lipinski definition) is 2. The van der Waals surface area contributed by atoms with Gasteiger partial charge in [-0.2, -0.15) is 4.98 Å². The van der Waals surface area contributed by atoms with Gasteiger partial charge in [-0.3, -0.25) is 9.88 Å². The van der Waals surface area contributed by atoms with Gasteiger partial charge in [0.25, 0.3) is 6.01 Å². The first-order valence-corrected chi connectivity index (χ1v) is 10.8. The molecule has 0 bridgehead atoms. The SMILES string of the molecule is CC1CN(C2CN(c3cnc4ccc(-c5ccc6oc(N)nc6c5)cc4n3)C2)CCN1. The minimum Gasteiger partial charge on any atom is -0.424 e. The summed E-state index contributed by atoms with van der Waals surface area (Å²) in [6.45, 7) is 7.59. The Labute approximate surface area is 180 Å². The molecule has 31 heavy (non-hydrogen) atoms. The van der Waals surface area contributed by atoms with Crippen LogP contribution in [-0.2, 0) is 0 Å². The molecule has 2 aliphatic rings. The van der Waals surface area contributed by atoms with Crippen LogP contribution in [0.5, 0.6) is 0 Å². The Morgan fingerprint density at radius 2 is 1.81 bits per heavy atom. The molecule has 2 aromatic heterocycles. The number of anilines is 2. The normalized spacial score (nSPS) is 20.4. The van der Waals surface area contributed by atoms with Crippen LogP contribution >= 0.6 is 0 Å². The zero-order valence-electron chi connectivity index (χ0n) is 17.5. The van der Waals surface area contributed by atoms with E-state index in [4.69, 9.17) is 15.1 Å². The monoisotopic (exact) mass is 415 g/mol. The summed E-state index contributed by atoms with van der Waals surface area (Å²) in [5.41, 5.74) is 11.0. The van der Waals surface area contributed by atoms with Gasteiger partial charge in [-0.25, -0.2) is 4.98 Å². The van der Waals surface area contributed by atoms with Crippen LogP contribution in [0.4, 0.5) is 11.8 Å². The Kier molecular flexibility index (Phi) is 4.29. The Morgan fingerprint density at radius 3 is 2.65 bits per heavy atom. The van der Waals surface area contributed by atoms with E-state index in [1.165, 1.54) is 0 Å². The molecule has 158 valence electrons. The lowest BCUT2D eigenvalue weighted by Crippen LogP contribution is -2.64. The Hall–Kier alpha value is -3.23. The summed E-state index contributed by atoms with van der Waals surface area (Å²) in [6.07, 6.45) is 1.89. The fourth-order valence-corrected chi connectivity index (χ4v) is 4.63. The molecule has 4 aromatic rings. The number of hydrogen-bond acceptors (Lipinski definition) is 8. The first kappa shape index (κ1) is 18.5. The molecule has 0 spiro atoms. The molecule has 1 atom stereocenters. The van der Waals surface area contributed by atoms with E-state index in [2.05, 4.69) is 44.1 Å². The van der Waals surface area contributed by atoms with Crippen LogP contribution in [0.3, 0.4) is 0 Å². The minimum atomic E-state index is 0.185. The van der Waals surface area contributed by atoms with Gasteiger partial charge in [-0.1, -0.05) is 12.1 Å². The number of fused-ring (bicyclic) bond motifs is 2. The maximum Gasteiger partial charge on any atom is 0.292 e. The van der Waals surface area contributed by atoms with E-state index in [-0.39, 0.29) is 6.01 Å². The van der Waals surface area contributed by atoms with Crippen LogP contribution in [0.1, 0.15) is 6.92 Å². The zero-order valence-corrected chi connectivity index (χ0v) is 17.5. The smallest absolute Gasteiger partial charge is 0.292 e. The summed E-state index contributed by atoms with van der Waals surface area (Å²) in [4.78, 5) is 18.7. The highest BCUT2D eigenvalue weighted by atomic mass is 16.4. The minimum absolute atomic E-state index is 0.185. The van der Waals surface area contributed by atoms with Crippen molar-refractivity contribution in [2.45, 2.75) is 19.0 Å². The van der Waals surface area contributed by atoms with Crippen LogP contribution < -0.4 is 16.0 Å². The number of nitrogens with one attached hydrogen (secondary N) is 1. The first-order valence-electron chi connectivity index (χ1n) is 10.8. The lowest BCUT2D eigenvalue weighted by Gasteiger charge is -2.48. The third-order valence-corrected chi connectivity index (χ3v) is 6.37. The topological polar surface area (TPSA) is 96.3 Å². The summed E-state index contributed by atoms with van der Waals surface area (Å²) in [5, 5.41) is 3.51. The van der Waals surface area contributed by atoms with Crippen molar-refractivity contribution in [2.75, 3.05) is 43.4 Å². The average Bonchev–Trinajstić information content (AvgIpc) is 3.11. The van der Waals surface area contributed by atoms with Crippen LogP contribution in [0.2, 0.25) is 0 Å². The molecule has 2 aliphatic heterocycles. The average molecular weight is 416 g/mol. The van der Waals surface area contributed by atoms with Crippen molar-refractivity contribution >= 4 is 34.0 Å². The van der Waals surface area contributed by atoms with Gasteiger partial charge in [0.2, 0.25) is 0 Å². The number of benzene rings is 2. The second-order valence-electron chi connectivity index (χ2n) is 8.58. The lowest BCUT2D eigenvalue weighted by atomic mass is 10.0. The molecule has 1 unspecified atom stereocenters. The van der Waals surface area contributed by atoms with Crippen molar-refractivity contribution in [3.8, 4) is 11.1 Å². The van der Waals surface area contributed by atoms with Crippen LogP contribution in [-0.4, -0.2) is 64.7 Å². The van der Waals surface area contributed by atoms with E-state index in [1.807, 2.05) is 30.5 Å². The Bertz CT molecular complexity index is 1260.